The van der Waals surface area contributed by atoms with E-state index in [0.717, 1.165) is 5.56 Å². The van der Waals surface area contributed by atoms with Crippen molar-refractivity contribution in [2.24, 2.45) is 0 Å². The lowest BCUT2D eigenvalue weighted by Gasteiger charge is -2.31. The average Bonchev–Trinajstić information content (AvgIpc) is 2.76. The maximum Gasteiger partial charge on any atom is 0.154 e. The van der Waals surface area contributed by atoms with Gasteiger partial charge in [0.05, 0.1) is 0 Å². The fourth-order valence-corrected chi connectivity index (χ4v) is 3.16. The van der Waals surface area contributed by atoms with Crippen molar-refractivity contribution in [2.75, 3.05) is 13.6 Å². The predicted molar refractivity (Wildman–Crippen MR) is 83.5 cm³/mol. The summed E-state index contributed by atoms with van der Waals surface area (Å²) in [5, 5.41) is 13.9. The highest BCUT2D eigenvalue weighted by Gasteiger charge is 2.46. The fourth-order valence-electron chi connectivity index (χ4n) is 3.16. The molecule has 0 amide bonds. The Morgan fingerprint density at radius 3 is 2.83 bits per heavy atom. The van der Waals surface area contributed by atoms with Gasteiger partial charge >= 0.3 is 0 Å². The molecule has 1 aliphatic rings. The number of halogens is 2. The van der Waals surface area contributed by atoms with Gasteiger partial charge in [0.25, 0.3) is 0 Å². The Morgan fingerprint density at radius 1 is 1.30 bits per heavy atom. The molecule has 0 radical (unpaired) electrons. The normalized spacial score (nSPS) is 22.9. The molecule has 23 heavy (non-hydrogen) atoms. The minimum absolute atomic E-state index is 0.280. The molecule has 2 atom stereocenters. The Labute approximate surface area is 133 Å². The van der Waals surface area contributed by atoms with E-state index in [9.17, 15) is 13.9 Å². The second-order valence-electron chi connectivity index (χ2n) is 6.01. The molecule has 0 aromatic heterocycles. The van der Waals surface area contributed by atoms with E-state index in [4.69, 9.17) is 4.74 Å². The van der Waals surface area contributed by atoms with Crippen LogP contribution in [0.15, 0.2) is 36.4 Å². The molecule has 0 saturated heterocycles. The first-order chi connectivity index (χ1) is 10.9. The molecule has 1 aliphatic carbocycles. The lowest BCUT2D eigenvalue weighted by atomic mass is 9.97. The van der Waals surface area contributed by atoms with Gasteiger partial charge in [-0.2, -0.15) is 0 Å². The number of aliphatic hydroxyl groups is 1. The van der Waals surface area contributed by atoms with Gasteiger partial charge in [-0.25, -0.2) is 8.78 Å². The summed E-state index contributed by atoms with van der Waals surface area (Å²) in [6.07, 6.45) is -0.413. The summed E-state index contributed by atoms with van der Waals surface area (Å²) in [6.45, 7) is 1.89. The highest BCUT2D eigenvalue weighted by molar-refractivity contribution is 5.41. The van der Waals surface area contributed by atoms with Crippen LogP contribution < -0.4 is 10.1 Å². The largest absolute Gasteiger partial charge is 0.482 e. The molecular weight excluding hydrogens is 300 g/mol. The van der Waals surface area contributed by atoms with Gasteiger partial charge in [0, 0.05) is 24.1 Å². The highest BCUT2D eigenvalue weighted by atomic mass is 19.1. The van der Waals surface area contributed by atoms with Crippen molar-refractivity contribution in [3.05, 3.63) is 64.7 Å². The van der Waals surface area contributed by atoms with Crippen LogP contribution in [0.1, 0.15) is 22.8 Å². The Hall–Kier alpha value is -1.98. The Bertz CT molecular complexity index is 735. The third-order valence-electron chi connectivity index (χ3n) is 4.32. The molecule has 2 aromatic rings. The SMILES string of the molecule is CNCC1(O)Cc2ccc(F)cc2C1Oc1cccc(F)c1C. The number of nitrogens with one attached hydrogen (secondary N) is 1. The summed E-state index contributed by atoms with van der Waals surface area (Å²) in [5.74, 6) is -0.416. The van der Waals surface area contributed by atoms with Gasteiger partial charge in [0.1, 0.15) is 23.0 Å². The molecule has 2 unspecified atom stereocenters. The number of fused-ring (bicyclic) bond motifs is 1. The maximum atomic E-state index is 13.7. The van der Waals surface area contributed by atoms with Crippen molar-refractivity contribution >= 4 is 0 Å². The van der Waals surface area contributed by atoms with Gasteiger partial charge in [0.2, 0.25) is 0 Å². The molecule has 122 valence electrons. The maximum absolute atomic E-state index is 13.7. The molecule has 0 aliphatic heterocycles. The topological polar surface area (TPSA) is 41.5 Å². The number of rotatable bonds is 4. The second kappa shape index (κ2) is 5.91. The minimum atomic E-state index is -1.22. The van der Waals surface area contributed by atoms with Gasteiger partial charge in [0.15, 0.2) is 6.10 Å². The summed E-state index contributed by atoms with van der Waals surface area (Å²) < 4.78 is 33.3. The van der Waals surface area contributed by atoms with E-state index >= 15 is 0 Å². The third-order valence-corrected chi connectivity index (χ3v) is 4.32. The van der Waals surface area contributed by atoms with Crippen LogP contribution in [0.25, 0.3) is 0 Å². The average molecular weight is 319 g/mol. The van der Waals surface area contributed by atoms with E-state index in [1.54, 1.807) is 32.2 Å². The van der Waals surface area contributed by atoms with Crippen LogP contribution in [0.3, 0.4) is 0 Å². The zero-order chi connectivity index (χ0) is 16.6. The number of likely N-dealkylation sites (N-methyl/N-ethyl adjacent to an activating group) is 1. The highest BCUT2D eigenvalue weighted by Crippen LogP contribution is 2.43. The quantitative estimate of drug-likeness (QED) is 0.910. The van der Waals surface area contributed by atoms with Crippen LogP contribution in [0.4, 0.5) is 8.78 Å². The first kappa shape index (κ1) is 15.9. The predicted octanol–water partition coefficient (Wildman–Crippen LogP) is 2.90. The molecule has 0 heterocycles. The first-order valence-corrected chi connectivity index (χ1v) is 7.52. The van der Waals surface area contributed by atoms with Crippen LogP contribution in [0.5, 0.6) is 5.75 Å². The summed E-state index contributed by atoms with van der Waals surface area (Å²) in [5.41, 5.74) is 0.586. The van der Waals surface area contributed by atoms with Crippen LogP contribution in [0, 0.1) is 18.6 Å². The van der Waals surface area contributed by atoms with E-state index in [1.165, 1.54) is 18.2 Å². The lowest BCUT2D eigenvalue weighted by Crippen LogP contribution is -2.45. The van der Waals surface area contributed by atoms with Crippen molar-refractivity contribution in [2.45, 2.75) is 25.0 Å². The Kier molecular flexibility index (Phi) is 4.08. The van der Waals surface area contributed by atoms with Crippen LogP contribution in [-0.2, 0) is 6.42 Å². The van der Waals surface area contributed by atoms with Crippen molar-refractivity contribution in [3.63, 3.8) is 0 Å². The number of benzene rings is 2. The molecule has 3 nitrogen and oxygen atoms in total. The number of hydrogen-bond acceptors (Lipinski definition) is 3. The molecule has 0 bridgehead atoms. The summed E-state index contributed by atoms with van der Waals surface area (Å²) in [6, 6.07) is 8.96. The van der Waals surface area contributed by atoms with Crippen LogP contribution >= 0.6 is 0 Å². The van der Waals surface area contributed by atoms with E-state index in [0.29, 0.717) is 23.3 Å². The smallest absolute Gasteiger partial charge is 0.154 e. The summed E-state index contributed by atoms with van der Waals surface area (Å²) in [7, 11) is 1.73. The van der Waals surface area contributed by atoms with Crippen LogP contribution in [-0.4, -0.2) is 24.3 Å². The van der Waals surface area contributed by atoms with E-state index in [2.05, 4.69) is 5.32 Å². The van der Waals surface area contributed by atoms with Gasteiger partial charge < -0.3 is 15.2 Å². The summed E-state index contributed by atoms with van der Waals surface area (Å²) in [4.78, 5) is 0. The fraction of sp³-hybridized carbons (Fsp3) is 0.333. The molecule has 2 aromatic carbocycles. The molecular formula is C18H19F2NO2. The molecule has 3 rings (SSSR count). The van der Waals surface area contributed by atoms with Gasteiger partial charge in [-0.15, -0.1) is 0 Å². The molecule has 5 heteroatoms. The van der Waals surface area contributed by atoms with E-state index < -0.39 is 11.7 Å². The van der Waals surface area contributed by atoms with Gasteiger partial charge in [-0.05, 0) is 43.8 Å². The van der Waals surface area contributed by atoms with Crippen LogP contribution in [0.2, 0.25) is 0 Å². The standard InChI is InChI=1S/C18H19F2NO2/c1-11-15(20)4-3-5-16(11)23-17-14-8-13(19)7-6-12(14)9-18(17,22)10-21-2/h3-8,17,21-22H,9-10H2,1-2H3. The zero-order valence-electron chi connectivity index (χ0n) is 13.1. The van der Waals surface area contributed by atoms with Gasteiger partial charge in [-0.1, -0.05) is 12.1 Å². The van der Waals surface area contributed by atoms with Gasteiger partial charge in [-0.3, -0.25) is 0 Å². The third kappa shape index (κ3) is 2.82. The minimum Gasteiger partial charge on any atom is -0.482 e. The second-order valence-corrected chi connectivity index (χ2v) is 6.01. The van der Waals surface area contributed by atoms with Crippen molar-refractivity contribution < 1.29 is 18.6 Å². The molecule has 2 N–H and O–H groups in total. The molecule has 0 spiro atoms. The Morgan fingerprint density at radius 2 is 2.09 bits per heavy atom. The first-order valence-electron chi connectivity index (χ1n) is 7.52. The summed E-state index contributed by atoms with van der Waals surface area (Å²) >= 11 is 0. The van der Waals surface area contributed by atoms with Crippen molar-refractivity contribution in [3.8, 4) is 5.75 Å². The van der Waals surface area contributed by atoms with Crippen molar-refractivity contribution in [1.29, 1.82) is 0 Å². The van der Waals surface area contributed by atoms with E-state index in [-0.39, 0.29) is 18.2 Å². The monoisotopic (exact) mass is 319 g/mol. The molecule has 0 saturated carbocycles. The lowest BCUT2D eigenvalue weighted by molar-refractivity contribution is -0.0488. The number of hydrogen-bond donors (Lipinski definition) is 2. The number of ether oxygens (including phenoxy) is 1. The van der Waals surface area contributed by atoms with Crippen molar-refractivity contribution in [1.82, 2.24) is 5.32 Å². The van der Waals surface area contributed by atoms with E-state index in [1.807, 2.05) is 0 Å². The molecule has 0 fully saturated rings. The Balaban J connectivity index is 2.03. The zero-order valence-corrected chi connectivity index (χ0v) is 13.1.